The van der Waals surface area contributed by atoms with E-state index < -0.39 is 41.2 Å². The van der Waals surface area contributed by atoms with E-state index in [1.54, 1.807) is 13.8 Å². The van der Waals surface area contributed by atoms with Crippen molar-refractivity contribution in [2.75, 3.05) is 0 Å². The average molecular weight is 369 g/mol. The predicted octanol–water partition coefficient (Wildman–Crippen LogP) is 5.40. The summed E-state index contributed by atoms with van der Waals surface area (Å²) < 4.78 is 83.2. The maximum absolute atomic E-state index is 13.0. The number of ether oxygens (including phenoxy) is 1. The third-order valence-electron chi connectivity index (χ3n) is 4.11. The summed E-state index contributed by atoms with van der Waals surface area (Å²) in [4.78, 5) is 13.3. The maximum Gasteiger partial charge on any atom is 0.416 e. The van der Waals surface area contributed by atoms with Crippen LogP contribution in [0.1, 0.15) is 50.5 Å². The molecule has 3 nitrogen and oxygen atoms in total. The standard InChI is InChI=1S/C16H17F6NO2/c1-8(2)23-13(24)25-12(14(23,3)4)9-5-10(15(17,18)19)7-11(6-9)16(20,21)22/h5-8,12H,1-4H3. The van der Waals surface area contributed by atoms with Crippen LogP contribution in [-0.4, -0.2) is 22.6 Å². The van der Waals surface area contributed by atoms with E-state index in [0.29, 0.717) is 12.1 Å². The number of halogens is 6. The first kappa shape index (κ1) is 19.4. The molecule has 1 saturated heterocycles. The van der Waals surface area contributed by atoms with Gasteiger partial charge >= 0.3 is 18.4 Å². The van der Waals surface area contributed by atoms with E-state index in [2.05, 4.69) is 0 Å². The van der Waals surface area contributed by atoms with Crippen LogP contribution >= 0.6 is 0 Å². The second-order valence-corrected chi connectivity index (χ2v) is 6.72. The van der Waals surface area contributed by atoms with Crippen molar-refractivity contribution in [2.45, 2.75) is 57.7 Å². The fourth-order valence-corrected chi connectivity index (χ4v) is 3.15. The van der Waals surface area contributed by atoms with E-state index in [4.69, 9.17) is 4.74 Å². The summed E-state index contributed by atoms with van der Waals surface area (Å²) in [5, 5.41) is 0. The Labute approximate surface area is 140 Å². The number of nitrogens with zero attached hydrogens (tertiary/aromatic N) is 1. The summed E-state index contributed by atoms with van der Waals surface area (Å²) in [5.41, 5.74) is -4.33. The smallest absolute Gasteiger partial charge is 0.416 e. The van der Waals surface area contributed by atoms with Crippen LogP contribution in [0.3, 0.4) is 0 Å². The van der Waals surface area contributed by atoms with Crippen molar-refractivity contribution in [3.8, 4) is 0 Å². The zero-order valence-corrected chi connectivity index (χ0v) is 13.9. The quantitative estimate of drug-likeness (QED) is 0.653. The van der Waals surface area contributed by atoms with Gasteiger partial charge in [0.05, 0.1) is 16.7 Å². The molecule has 0 bridgehead atoms. The maximum atomic E-state index is 13.0. The van der Waals surface area contributed by atoms with Crippen molar-refractivity contribution in [3.05, 3.63) is 34.9 Å². The van der Waals surface area contributed by atoms with Gasteiger partial charge in [0.15, 0.2) is 6.10 Å². The van der Waals surface area contributed by atoms with Crippen LogP contribution < -0.4 is 0 Å². The molecule has 0 aromatic heterocycles. The van der Waals surface area contributed by atoms with Gasteiger partial charge in [0, 0.05) is 6.04 Å². The fourth-order valence-electron chi connectivity index (χ4n) is 3.15. The van der Waals surface area contributed by atoms with E-state index in [1.807, 2.05) is 0 Å². The van der Waals surface area contributed by atoms with Gasteiger partial charge in [0.25, 0.3) is 0 Å². The van der Waals surface area contributed by atoms with Gasteiger partial charge in [-0.05, 0) is 51.5 Å². The Bertz CT molecular complexity index is 646. The Hall–Kier alpha value is -1.93. The van der Waals surface area contributed by atoms with Gasteiger partial charge in [-0.15, -0.1) is 0 Å². The number of carbonyl (C=O) groups excluding carboxylic acids is 1. The summed E-state index contributed by atoms with van der Waals surface area (Å²) in [5.74, 6) is 0. The largest absolute Gasteiger partial charge is 0.439 e. The third kappa shape index (κ3) is 3.55. The van der Waals surface area contributed by atoms with Crippen molar-refractivity contribution in [3.63, 3.8) is 0 Å². The Morgan fingerprint density at radius 3 is 1.76 bits per heavy atom. The lowest BCUT2D eigenvalue weighted by Gasteiger charge is -2.35. The molecule has 0 spiro atoms. The third-order valence-corrected chi connectivity index (χ3v) is 4.11. The van der Waals surface area contributed by atoms with Crippen molar-refractivity contribution in [2.24, 2.45) is 0 Å². The molecule has 1 amide bonds. The summed E-state index contributed by atoms with van der Waals surface area (Å²) in [7, 11) is 0. The van der Waals surface area contributed by atoms with Crippen molar-refractivity contribution >= 4 is 6.09 Å². The molecule has 0 aliphatic carbocycles. The fraction of sp³-hybridized carbons (Fsp3) is 0.562. The van der Waals surface area contributed by atoms with E-state index in [0.717, 1.165) is 0 Å². The minimum Gasteiger partial charge on any atom is -0.439 e. The SMILES string of the molecule is CC(C)N1C(=O)OC(c2cc(C(F)(F)F)cc(C(F)(F)F)c2)C1(C)C. The van der Waals surface area contributed by atoms with Gasteiger partial charge in [-0.25, -0.2) is 4.79 Å². The van der Waals surface area contributed by atoms with Crippen LogP contribution in [-0.2, 0) is 17.1 Å². The van der Waals surface area contributed by atoms with Crippen molar-refractivity contribution < 1.29 is 35.9 Å². The lowest BCUT2D eigenvalue weighted by atomic mass is 9.88. The molecular weight excluding hydrogens is 352 g/mol. The number of benzene rings is 1. The van der Waals surface area contributed by atoms with Gasteiger partial charge in [0.2, 0.25) is 0 Å². The number of alkyl halides is 6. The molecule has 140 valence electrons. The molecule has 0 saturated carbocycles. The van der Waals surface area contributed by atoms with Gasteiger partial charge in [-0.2, -0.15) is 26.3 Å². The minimum atomic E-state index is -4.96. The number of hydrogen-bond donors (Lipinski definition) is 0. The Kier molecular flexibility index (Phi) is 4.51. The van der Waals surface area contributed by atoms with Crippen molar-refractivity contribution in [1.29, 1.82) is 0 Å². The Morgan fingerprint density at radius 2 is 1.44 bits per heavy atom. The Balaban J connectivity index is 2.61. The summed E-state index contributed by atoms with van der Waals surface area (Å²) in [6.45, 7) is 6.43. The molecule has 9 heteroatoms. The summed E-state index contributed by atoms with van der Waals surface area (Å²) in [6.07, 6.45) is -12.0. The molecule has 1 heterocycles. The molecule has 1 unspecified atom stereocenters. The minimum absolute atomic E-state index is 0.0491. The second kappa shape index (κ2) is 5.81. The second-order valence-electron chi connectivity index (χ2n) is 6.72. The predicted molar refractivity (Wildman–Crippen MR) is 76.7 cm³/mol. The van der Waals surface area contributed by atoms with E-state index in [1.165, 1.54) is 18.7 Å². The molecule has 1 atom stereocenters. The van der Waals surface area contributed by atoms with Gasteiger partial charge < -0.3 is 4.74 Å². The number of amides is 1. The summed E-state index contributed by atoms with van der Waals surface area (Å²) in [6, 6.07) is 0.908. The normalized spacial score (nSPS) is 21.0. The van der Waals surface area contributed by atoms with Gasteiger partial charge in [-0.1, -0.05) is 0 Å². The van der Waals surface area contributed by atoms with Crippen molar-refractivity contribution in [1.82, 2.24) is 4.90 Å². The molecule has 1 aromatic rings. The van der Waals surface area contributed by atoms with Gasteiger partial charge in [0.1, 0.15) is 0 Å². The molecule has 1 fully saturated rings. The van der Waals surface area contributed by atoms with E-state index >= 15 is 0 Å². The van der Waals surface area contributed by atoms with Crippen LogP contribution in [0.4, 0.5) is 31.1 Å². The first-order chi connectivity index (χ1) is 11.2. The van der Waals surface area contributed by atoms with E-state index in [9.17, 15) is 31.1 Å². The number of cyclic esters (lactones) is 1. The highest BCUT2D eigenvalue weighted by molar-refractivity contribution is 5.72. The molecular formula is C16H17F6NO2. The number of carbonyl (C=O) groups is 1. The van der Waals surface area contributed by atoms with Crippen LogP contribution in [0.2, 0.25) is 0 Å². The molecule has 2 rings (SSSR count). The highest BCUT2D eigenvalue weighted by Gasteiger charge is 2.51. The average Bonchev–Trinajstić information content (AvgIpc) is 2.65. The van der Waals surface area contributed by atoms with Crippen LogP contribution in [0, 0.1) is 0 Å². The monoisotopic (exact) mass is 369 g/mol. The van der Waals surface area contributed by atoms with Crippen LogP contribution in [0.25, 0.3) is 0 Å². The zero-order chi connectivity index (χ0) is 19.4. The molecule has 0 N–H and O–H groups in total. The van der Waals surface area contributed by atoms with Crippen LogP contribution in [0.15, 0.2) is 18.2 Å². The number of rotatable bonds is 2. The van der Waals surface area contributed by atoms with E-state index in [-0.39, 0.29) is 17.7 Å². The molecule has 1 aliphatic rings. The van der Waals surface area contributed by atoms with Crippen LogP contribution in [0.5, 0.6) is 0 Å². The lowest BCUT2D eigenvalue weighted by molar-refractivity contribution is -0.143. The topological polar surface area (TPSA) is 29.5 Å². The number of hydrogen-bond acceptors (Lipinski definition) is 2. The summed E-state index contributed by atoms with van der Waals surface area (Å²) >= 11 is 0. The molecule has 1 aromatic carbocycles. The highest BCUT2D eigenvalue weighted by Crippen LogP contribution is 2.45. The lowest BCUT2D eigenvalue weighted by Crippen LogP contribution is -2.47. The zero-order valence-electron chi connectivity index (χ0n) is 13.9. The van der Waals surface area contributed by atoms with Gasteiger partial charge in [-0.3, -0.25) is 4.90 Å². The first-order valence-corrected chi connectivity index (χ1v) is 7.45. The molecule has 0 radical (unpaired) electrons. The Morgan fingerprint density at radius 1 is 1.00 bits per heavy atom. The first-order valence-electron chi connectivity index (χ1n) is 7.45. The molecule has 25 heavy (non-hydrogen) atoms. The highest BCUT2D eigenvalue weighted by atomic mass is 19.4. The molecule has 1 aliphatic heterocycles.